The number of hydrogen-bond acceptors (Lipinski definition) is 2. The van der Waals surface area contributed by atoms with Crippen LogP contribution in [0.1, 0.15) is 58.8 Å². The molecule has 2 saturated carbocycles. The molecule has 110 valence electrons. The first-order valence-corrected chi connectivity index (χ1v) is 8.38. The second kappa shape index (κ2) is 4.19. The van der Waals surface area contributed by atoms with E-state index in [1.165, 1.54) is 31.3 Å². The van der Waals surface area contributed by atoms with Crippen LogP contribution in [0, 0.1) is 23.2 Å². The zero-order valence-electron chi connectivity index (χ0n) is 12.8. The molecule has 1 saturated heterocycles. The summed E-state index contributed by atoms with van der Waals surface area (Å²) in [6.07, 6.45) is 10.00. The van der Waals surface area contributed by atoms with Crippen LogP contribution in [0.25, 0.3) is 0 Å². The number of ketones is 1. The fourth-order valence-electron chi connectivity index (χ4n) is 5.88. The number of Topliss-reactive ketones (excluding diaryl/α,β-unsaturated/α-hetero) is 1. The zero-order valence-corrected chi connectivity index (χ0v) is 12.8. The Morgan fingerprint density at radius 1 is 1.20 bits per heavy atom. The summed E-state index contributed by atoms with van der Waals surface area (Å²) in [5.41, 5.74) is 1.92. The number of ether oxygens (including phenoxy) is 1. The van der Waals surface area contributed by atoms with Crippen molar-refractivity contribution in [1.82, 2.24) is 0 Å². The van der Waals surface area contributed by atoms with Crippen LogP contribution in [0.2, 0.25) is 0 Å². The van der Waals surface area contributed by atoms with Crippen molar-refractivity contribution in [3.05, 3.63) is 11.6 Å². The van der Waals surface area contributed by atoms with Gasteiger partial charge in [0, 0.05) is 19.4 Å². The highest BCUT2D eigenvalue weighted by atomic mass is 16.5. The van der Waals surface area contributed by atoms with Gasteiger partial charge in [-0.25, -0.2) is 0 Å². The lowest BCUT2D eigenvalue weighted by molar-refractivity contribution is -0.123. The Labute approximate surface area is 122 Å². The summed E-state index contributed by atoms with van der Waals surface area (Å²) < 4.78 is 6.10. The van der Waals surface area contributed by atoms with Crippen LogP contribution in [0.4, 0.5) is 0 Å². The monoisotopic (exact) mass is 274 g/mol. The van der Waals surface area contributed by atoms with E-state index in [2.05, 4.69) is 19.9 Å². The first-order valence-electron chi connectivity index (χ1n) is 8.38. The standard InChI is InChI=1S/C18H26O2/c1-17-8-5-13(19)11-12(17)3-4-14-15(17)6-9-18(2)16(14)7-10-20-18/h3,14-16H,4-11H2,1-2H3/t14-,15-,16+,17+,18+/m1/s1. The Kier molecular flexibility index (Phi) is 2.74. The number of hydrogen-bond donors (Lipinski definition) is 0. The van der Waals surface area contributed by atoms with E-state index in [1.54, 1.807) is 0 Å². The molecule has 20 heavy (non-hydrogen) atoms. The molecule has 0 radical (unpaired) electrons. The van der Waals surface area contributed by atoms with E-state index in [-0.39, 0.29) is 5.60 Å². The second-order valence-electron chi connectivity index (χ2n) is 7.96. The molecule has 0 N–H and O–H groups in total. The summed E-state index contributed by atoms with van der Waals surface area (Å²) in [6.45, 7) is 5.74. The van der Waals surface area contributed by atoms with Crippen molar-refractivity contribution in [3.8, 4) is 0 Å². The summed E-state index contributed by atoms with van der Waals surface area (Å²) in [5, 5.41) is 0. The minimum atomic E-state index is 0.146. The molecule has 0 unspecified atom stereocenters. The van der Waals surface area contributed by atoms with Crippen molar-refractivity contribution in [1.29, 1.82) is 0 Å². The maximum atomic E-state index is 11.8. The third-order valence-corrected chi connectivity index (χ3v) is 7.13. The fraction of sp³-hybridized carbons (Fsp3) is 0.833. The quantitative estimate of drug-likeness (QED) is 0.626. The fourth-order valence-corrected chi connectivity index (χ4v) is 5.88. The van der Waals surface area contributed by atoms with Crippen LogP contribution < -0.4 is 0 Å². The minimum Gasteiger partial charge on any atom is -0.375 e. The molecular formula is C18H26O2. The molecule has 4 rings (SSSR count). The number of carbonyl (C=O) groups excluding carboxylic acids is 1. The Hall–Kier alpha value is -0.630. The van der Waals surface area contributed by atoms with E-state index in [1.807, 2.05) is 0 Å². The maximum Gasteiger partial charge on any atom is 0.136 e. The molecule has 0 aromatic rings. The summed E-state index contributed by atoms with van der Waals surface area (Å²) in [6, 6.07) is 0. The summed E-state index contributed by atoms with van der Waals surface area (Å²) >= 11 is 0. The van der Waals surface area contributed by atoms with Gasteiger partial charge in [0.25, 0.3) is 0 Å². The van der Waals surface area contributed by atoms with E-state index in [0.717, 1.165) is 43.6 Å². The van der Waals surface area contributed by atoms with Gasteiger partial charge in [0.15, 0.2) is 0 Å². The van der Waals surface area contributed by atoms with Gasteiger partial charge >= 0.3 is 0 Å². The van der Waals surface area contributed by atoms with Crippen molar-refractivity contribution < 1.29 is 9.53 Å². The Bertz CT molecular complexity index is 480. The lowest BCUT2D eigenvalue weighted by Crippen LogP contribution is -2.51. The van der Waals surface area contributed by atoms with Crippen LogP contribution in [0.5, 0.6) is 0 Å². The molecule has 1 heterocycles. The molecule has 5 atom stereocenters. The van der Waals surface area contributed by atoms with E-state index >= 15 is 0 Å². The van der Waals surface area contributed by atoms with Crippen molar-refractivity contribution in [2.24, 2.45) is 23.2 Å². The first-order chi connectivity index (χ1) is 9.53. The van der Waals surface area contributed by atoms with E-state index < -0.39 is 0 Å². The summed E-state index contributed by atoms with van der Waals surface area (Å²) in [4.78, 5) is 11.8. The van der Waals surface area contributed by atoms with Crippen molar-refractivity contribution in [3.63, 3.8) is 0 Å². The van der Waals surface area contributed by atoms with Gasteiger partial charge in [-0.3, -0.25) is 4.79 Å². The van der Waals surface area contributed by atoms with Crippen LogP contribution in [0.3, 0.4) is 0 Å². The SMILES string of the molecule is C[C@]12CCC(=O)CC1=CC[C@@H]1[C@H]2CC[C@]2(C)OCC[C@@H]12. The molecule has 0 aromatic heterocycles. The van der Waals surface area contributed by atoms with Gasteiger partial charge < -0.3 is 4.74 Å². The molecule has 3 aliphatic carbocycles. The molecule has 0 amide bonds. The third kappa shape index (κ3) is 1.63. The van der Waals surface area contributed by atoms with Crippen LogP contribution >= 0.6 is 0 Å². The average molecular weight is 274 g/mol. The van der Waals surface area contributed by atoms with E-state index in [9.17, 15) is 4.79 Å². The Balaban J connectivity index is 1.70. The van der Waals surface area contributed by atoms with Crippen LogP contribution in [0.15, 0.2) is 11.6 Å². The lowest BCUT2D eigenvalue weighted by Gasteiger charge is -2.55. The predicted molar refractivity (Wildman–Crippen MR) is 78.3 cm³/mol. The molecular weight excluding hydrogens is 248 g/mol. The van der Waals surface area contributed by atoms with Gasteiger partial charge in [-0.05, 0) is 62.2 Å². The van der Waals surface area contributed by atoms with Gasteiger partial charge in [0.1, 0.15) is 5.78 Å². The highest BCUT2D eigenvalue weighted by Gasteiger charge is 2.56. The maximum absolute atomic E-state index is 11.8. The molecule has 2 nitrogen and oxygen atoms in total. The minimum absolute atomic E-state index is 0.146. The normalized spacial score (nSPS) is 51.0. The smallest absolute Gasteiger partial charge is 0.136 e. The Morgan fingerprint density at radius 2 is 2.05 bits per heavy atom. The molecule has 0 bridgehead atoms. The van der Waals surface area contributed by atoms with Crippen molar-refractivity contribution in [2.75, 3.05) is 6.61 Å². The van der Waals surface area contributed by atoms with E-state index in [0.29, 0.717) is 11.2 Å². The second-order valence-corrected chi connectivity index (χ2v) is 7.96. The van der Waals surface area contributed by atoms with Gasteiger partial charge in [-0.2, -0.15) is 0 Å². The third-order valence-electron chi connectivity index (χ3n) is 7.13. The summed E-state index contributed by atoms with van der Waals surface area (Å²) in [7, 11) is 0. The molecule has 0 aromatic carbocycles. The summed E-state index contributed by atoms with van der Waals surface area (Å²) in [5.74, 6) is 2.78. The number of carbonyl (C=O) groups is 1. The average Bonchev–Trinajstić information content (AvgIpc) is 2.81. The number of fused-ring (bicyclic) bond motifs is 5. The molecule has 2 heteroatoms. The van der Waals surface area contributed by atoms with Gasteiger partial charge in [-0.1, -0.05) is 18.6 Å². The van der Waals surface area contributed by atoms with Gasteiger partial charge in [0.05, 0.1) is 5.60 Å². The van der Waals surface area contributed by atoms with Gasteiger partial charge in [-0.15, -0.1) is 0 Å². The molecule has 4 aliphatic rings. The number of allylic oxidation sites excluding steroid dienone is 2. The highest BCUT2D eigenvalue weighted by molar-refractivity contribution is 5.82. The highest BCUT2D eigenvalue weighted by Crippen LogP contribution is 2.61. The lowest BCUT2D eigenvalue weighted by atomic mass is 9.49. The van der Waals surface area contributed by atoms with Crippen molar-refractivity contribution in [2.45, 2.75) is 64.4 Å². The van der Waals surface area contributed by atoms with Crippen molar-refractivity contribution >= 4 is 5.78 Å². The topological polar surface area (TPSA) is 26.3 Å². The Morgan fingerprint density at radius 3 is 2.90 bits per heavy atom. The van der Waals surface area contributed by atoms with Crippen LogP contribution in [-0.2, 0) is 9.53 Å². The van der Waals surface area contributed by atoms with E-state index in [4.69, 9.17) is 4.74 Å². The first kappa shape index (κ1) is 13.1. The molecule has 0 spiro atoms. The molecule has 1 aliphatic heterocycles. The zero-order chi connectivity index (χ0) is 14.0. The van der Waals surface area contributed by atoms with Gasteiger partial charge in [0.2, 0.25) is 0 Å². The largest absolute Gasteiger partial charge is 0.375 e. The molecule has 3 fully saturated rings. The predicted octanol–water partition coefficient (Wildman–Crippen LogP) is 3.90. The van der Waals surface area contributed by atoms with Crippen LogP contribution in [-0.4, -0.2) is 18.0 Å². The number of rotatable bonds is 0.